The summed E-state index contributed by atoms with van der Waals surface area (Å²) in [5.74, 6) is 2.44. The van der Waals surface area contributed by atoms with Crippen LogP contribution in [0.15, 0.2) is 28.8 Å². The fourth-order valence-electron chi connectivity index (χ4n) is 1.05. The first-order valence-corrected chi connectivity index (χ1v) is 3.91. The number of nitrogen functional groups attached to an aromatic ring is 1. The quantitative estimate of drug-likeness (QED) is 0.715. The minimum Gasteiger partial charge on any atom is -0.458 e. The van der Waals surface area contributed by atoms with Crippen molar-refractivity contribution in [2.75, 3.05) is 5.73 Å². The van der Waals surface area contributed by atoms with Crippen LogP contribution >= 0.6 is 0 Å². The second-order valence-corrected chi connectivity index (χ2v) is 2.72. The number of nitrogens with two attached hydrogens (primary N) is 1. The third kappa shape index (κ3) is 1.51. The van der Waals surface area contributed by atoms with E-state index in [1.54, 1.807) is 12.3 Å². The van der Waals surface area contributed by atoms with E-state index in [1.165, 1.54) is 0 Å². The predicted molar refractivity (Wildman–Crippen MR) is 48.9 cm³/mol. The summed E-state index contributed by atoms with van der Waals surface area (Å²) >= 11 is 0. The minimum absolute atomic E-state index is 0.444. The van der Waals surface area contributed by atoms with Gasteiger partial charge in [0.05, 0.1) is 0 Å². The smallest absolute Gasteiger partial charge is 0.197 e. The van der Waals surface area contributed by atoms with E-state index in [2.05, 4.69) is 9.97 Å². The van der Waals surface area contributed by atoms with Crippen molar-refractivity contribution in [1.29, 1.82) is 0 Å². The Morgan fingerprint density at radius 2 is 2.15 bits per heavy atom. The number of hydrogen-bond donors (Lipinski definition) is 1. The maximum absolute atomic E-state index is 5.51. The zero-order chi connectivity index (χ0) is 9.26. The number of furan rings is 1. The van der Waals surface area contributed by atoms with E-state index in [1.807, 2.05) is 19.1 Å². The van der Waals surface area contributed by atoms with E-state index in [0.29, 0.717) is 17.4 Å². The summed E-state index contributed by atoms with van der Waals surface area (Å²) < 4.78 is 5.34. The highest BCUT2D eigenvalue weighted by Crippen LogP contribution is 2.17. The summed E-state index contributed by atoms with van der Waals surface area (Å²) in [5.41, 5.74) is 5.51. The normalized spacial score (nSPS) is 10.2. The lowest BCUT2D eigenvalue weighted by atomic mass is 10.4. The number of anilines is 1. The second kappa shape index (κ2) is 2.90. The van der Waals surface area contributed by atoms with Gasteiger partial charge in [0.25, 0.3) is 0 Å². The lowest BCUT2D eigenvalue weighted by Gasteiger charge is -1.95. The van der Waals surface area contributed by atoms with Crippen molar-refractivity contribution in [3.63, 3.8) is 0 Å². The first-order valence-electron chi connectivity index (χ1n) is 3.91. The van der Waals surface area contributed by atoms with E-state index in [-0.39, 0.29) is 0 Å². The van der Waals surface area contributed by atoms with E-state index in [0.717, 1.165) is 5.76 Å². The molecule has 0 saturated heterocycles. The fraction of sp³-hybridized carbons (Fsp3) is 0.111. The molecule has 4 nitrogen and oxygen atoms in total. The summed E-state index contributed by atoms with van der Waals surface area (Å²) in [6.07, 6.45) is 1.61. The number of aromatic nitrogens is 2. The predicted octanol–water partition coefficient (Wildman–Crippen LogP) is 1.63. The van der Waals surface area contributed by atoms with Crippen LogP contribution in [0, 0.1) is 6.92 Å². The molecule has 2 aromatic rings. The Balaban J connectivity index is 2.46. The van der Waals surface area contributed by atoms with Gasteiger partial charge >= 0.3 is 0 Å². The van der Waals surface area contributed by atoms with Gasteiger partial charge in [-0.25, -0.2) is 9.97 Å². The van der Waals surface area contributed by atoms with E-state index in [4.69, 9.17) is 10.2 Å². The monoisotopic (exact) mass is 175 g/mol. The van der Waals surface area contributed by atoms with Crippen LogP contribution in [0.25, 0.3) is 11.6 Å². The zero-order valence-electron chi connectivity index (χ0n) is 7.19. The van der Waals surface area contributed by atoms with Crippen molar-refractivity contribution >= 4 is 5.82 Å². The Hall–Kier alpha value is -1.84. The van der Waals surface area contributed by atoms with Gasteiger partial charge in [-0.2, -0.15) is 0 Å². The molecular formula is C9H9N3O. The Kier molecular flexibility index (Phi) is 1.73. The lowest BCUT2D eigenvalue weighted by molar-refractivity contribution is 0.544. The van der Waals surface area contributed by atoms with Crippen LogP contribution < -0.4 is 5.73 Å². The average Bonchev–Trinajstić information content (AvgIpc) is 2.52. The average molecular weight is 175 g/mol. The number of nitrogens with zero attached hydrogens (tertiary/aromatic N) is 2. The van der Waals surface area contributed by atoms with Crippen molar-refractivity contribution in [1.82, 2.24) is 9.97 Å². The van der Waals surface area contributed by atoms with Crippen molar-refractivity contribution in [2.45, 2.75) is 6.92 Å². The highest BCUT2D eigenvalue weighted by atomic mass is 16.3. The Morgan fingerprint density at radius 1 is 1.31 bits per heavy atom. The van der Waals surface area contributed by atoms with Crippen LogP contribution in [-0.4, -0.2) is 9.97 Å². The molecule has 0 amide bonds. The molecule has 0 aliphatic carbocycles. The third-order valence-corrected chi connectivity index (χ3v) is 1.64. The maximum atomic E-state index is 5.51. The molecule has 0 aliphatic rings. The molecule has 4 heteroatoms. The van der Waals surface area contributed by atoms with Crippen LogP contribution in [0.2, 0.25) is 0 Å². The number of aryl methyl sites for hydroxylation is 1. The molecule has 2 N–H and O–H groups in total. The highest BCUT2D eigenvalue weighted by Gasteiger charge is 2.04. The van der Waals surface area contributed by atoms with Crippen LogP contribution in [-0.2, 0) is 0 Å². The standard InChI is InChI=1S/C9H9N3O/c1-6-2-3-7(13-6)9-11-5-4-8(10)12-9/h2-5H,1H3,(H2,10,11,12). The van der Waals surface area contributed by atoms with E-state index in [9.17, 15) is 0 Å². The van der Waals surface area contributed by atoms with Gasteiger partial charge in [-0.3, -0.25) is 0 Å². The van der Waals surface area contributed by atoms with E-state index >= 15 is 0 Å². The molecule has 0 atom stereocenters. The van der Waals surface area contributed by atoms with Gasteiger partial charge in [0.1, 0.15) is 11.6 Å². The molecule has 0 bridgehead atoms. The molecule has 2 rings (SSSR count). The molecule has 0 aliphatic heterocycles. The molecular weight excluding hydrogens is 166 g/mol. The molecule has 0 unspecified atom stereocenters. The largest absolute Gasteiger partial charge is 0.458 e. The summed E-state index contributed by atoms with van der Waals surface area (Å²) in [6.45, 7) is 1.87. The van der Waals surface area contributed by atoms with Crippen molar-refractivity contribution in [3.8, 4) is 11.6 Å². The summed E-state index contributed by atoms with van der Waals surface area (Å²) in [4.78, 5) is 8.07. The fourth-order valence-corrected chi connectivity index (χ4v) is 1.05. The van der Waals surface area contributed by atoms with Gasteiger partial charge < -0.3 is 10.2 Å². The van der Waals surface area contributed by atoms with Gasteiger partial charge in [0, 0.05) is 6.20 Å². The first-order chi connectivity index (χ1) is 6.25. The molecule has 0 fully saturated rings. The molecule has 2 heterocycles. The second-order valence-electron chi connectivity index (χ2n) is 2.72. The number of hydrogen-bond acceptors (Lipinski definition) is 4. The van der Waals surface area contributed by atoms with Crippen molar-refractivity contribution in [2.24, 2.45) is 0 Å². The molecule has 2 aromatic heterocycles. The maximum Gasteiger partial charge on any atom is 0.197 e. The summed E-state index contributed by atoms with van der Waals surface area (Å²) in [5, 5.41) is 0. The first kappa shape index (κ1) is 7.79. The van der Waals surface area contributed by atoms with Crippen LogP contribution in [0.3, 0.4) is 0 Å². The minimum atomic E-state index is 0.444. The van der Waals surface area contributed by atoms with Gasteiger partial charge in [-0.15, -0.1) is 0 Å². The van der Waals surface area contributed by atoms with Gasteiger partial charge in [-0.05, 0) is 25.1 Å². The molecule has 0 radical (unpaired) electrons. The van der Waals surface area contributed by atoms with Crippen molar-refractivity contribution in [3.05, 3.63) is 30.2 Å². The Morgan fingerprint density at radius 3 is 2.77 bits per heavy atom. The van der Waals surface area contributed by atoms with Crippen LogP contribution in [0.4, 0.5) is 5.82 Å². The summed E-state index contributed by atoms with van der Waals surface area (Å²) in [7, 11) is 0. The number of rotatable bonds is 1. The van der Waals surface area contributed by atoms with Gasteiger partial charge in [0.2, 0.25) is 0 Å². The van der Waals surface area contributed by atoms with E-state index < -0.39 is 0 Å². The summed E-state index contributed by atoms with van der Waals surface area (Å²) in [6, 6.07) is 5.32. The van der Waals surface area contributed by atoms with Crippen LogP contribution in [0.1, 0.15) is 5.76 Å². The lowest BCUT2D eigenvalue weighted by Crippen LogP contribution is -1.93. The zero-order valence-corrected chi connectivity index (χ0v) is 7.19. The Bertz CT molecular complexity index is 422. The molecule has 0 saturated carbocycles. The topological polar surface area (TPSA) is 64.9 Å². The Labute approximate surface area is 75.4 Å². The molecule has 13 heavy (non-hydrogen) atoms. The van der Waals surface area contributed by atoms with Crippen LogP contribution in [0.5, 0.6) is 0 Å². The molecule has 66 valence electrons. The SMILES string of the molecule is Cc1ccc(-c2nccc(N)n2)o1. The van der Waals surface area contributed by atoms with Gasteiger partial charge in [0.15, 0.2) is 11.6 Å². The highest BCUT2D eigenvalue weighted by molar-refractivity contribution is 5.49. The van der Waals surface area contributed by atoms with Crippen molar-refractivity contribution < 1.29 is 4.42 Å². The van der Waals surface area contributed by atoms with Gasteiger partial charge in [-0.1, -0.05) is 0 Å². The molecule has 0 spiro atoms. The third-order valence-electron chi connectivity index (χ3n) is 1.64. The molecule has 0 aromatic carbocycles.